The Balaban J connectivity index is 2.13. The first-order chi connectivity index (χ1) is 6.18. The van der Waals surface area contributed by atoms with E-state index in [1.807, 2.05) is 19.9 Å². The van der Waals surface area contributed by atoms with E-state index in [1.165, 1.54) is 11.5 Å². The Morgan fingerprint density at radius 2 is 2.46 bits per heavy atom. The van der Waals surface area contributed by atoms with Gasteiger partial charge in [0.05, 0.1) is 12.7 Å². The Morgan fingerprint density at radius 1 is 1.69 bits per heavy atom. The third kappa shape index (κ3) is 4.10. The van der Waals surface area contributed by atoms with Gasteiger partial charge in [0.15, 0.2) is 0 Å². The highest BCUT2D eigenvalue weighted by Gasteiger charge is 1.97. The molecule has 1 heterocycles. The van der Waals surface area contributed by atoms with Gasteiger partial charge in [0.2, 0.25) is 0 Å². The first-order valence-corrected chi connectivity index (χ1v) is 5.03. The molecule has 0 aliphatic carbocycles. The number of nitrogens with two attached hydrogens (primary N) is 1. The largest absolute Gasteiger partial charge is 0.383 e. The standard InChI is InChI=1S/C8H15N3OS/c1-6(2)12-4-3-10-8-5-7(9)11-13-8/h5-6,10H,3-4H2,1-2H3,(H2,9,11). The molecular weight excluding hydrogens is 186 g/mol. The summed E-state index contributed by atoms with van der Waals surface area (Å²) in [4.78, 5) is 0. The molecule has 74 valence electrons. The van der Waals surface area contributed by atoms with Crippen molar-refractivity contribution in [2.75, 3.05) is 24.2 Å². The lowest BCUT2D eigenvalue weighted by atomic mass is 10.5. The summed E-state index contributed by atoms with van der Waals surface area (Å²) in [6, 6.07) is 1.82. The lowest BCUT2D eigenvalue weighted by molar-refractivity contribution is 0.0871. The second-order valence-electron chi connectivity index (χ2n) is 2.96. The molecule has 0 fully saturated rings. The predicted molar refractivity (Wildman–Crippen MR) is 56.1 cm³/mol. The zero-order valence-corrected chi connectivity index (χ0v) is 8.73. The summed E-state index contributed by atoms with van der Waals surface area (Å²) in [5, 5.41) is 4.16. The van der Waals surface area contributed by atoms with Crippen LogP contribution in [-0.4, -0.2) is 23.6 Å². The van der Waals surface area contributed by atoms with Crippen LogP contribution in [0.2, 0.25) is 0 Å². The number of hydrogen-bond acceptors (Lipinski definition) is 5. The van der Waals surface area contributed by atoms with Crippen LogP contribution in [0, 0.1) is 0 Å². The van der Waals surface area contributed by atoms with Crippen molar-refractivity contribution in [2.24, 2.45) is 0 Å². The van der Waals surface area contributed by atoms with Gasteiger partial charge in [-0.15, -0.1) is 0 Å². The molecule has 1 rings (SSSR count). The minimum atomic E-state index is 0.285. The lowest BCUT2D eigenvalue weighted by Crippen LogP contribution is -2.12. The van der Waals surface area contributed by atoms with Gasteiger partial charge in [-0.2, -0.15) is 4.37 Å². The fraction of sp³-hybridized carbons (Fsp3) is 0.625. The quantitative estimate of drug-likeness (QED) is 0.710. The van der Waals surface area contributed by atoms with Crippen molar-refractivity contribution >= 4 is 22.4 Å². The summed E-state index contributed by atoms with van der Waals surface area (Å²) >= 11 is 1.37. The minimum Gasteiger partial charge on any atom is -0.383 e. The molecule has 0 spiro atoms. The Bertz CT molecular complexity index is 249. The Morgan fingerprint density at radius 3 is 3.00 bits per heavy atom. The van der Waals surface area contributed by atoms with Crippen LogP contribution in [0.3, 0.4) is 0 Å². The summed E-state index contributed by atoms with van der Waals surface area (Å²) in [7, 11) is 0. The molecular formula is C8H15N3OS. The van der Waals surface area contributed by atoms with Crippen LogP contribution in [0.25, 0.3) is 0 Å². The van der Waals surface area contributed by atoms with Gasteiger partial charge in [-0.3, -0.25) is 0 Å². The first kappa shape index (κ1) is 10.3. The predicted octanol–water partition coefficient (Wildman–Crippen LogP) is 1.56. The molecule has 0 saturated carbocycles. The Kier molecular flexibility index (Phi) is 3.98. The van der Waals surface area contributed by atoms with E-state index in [9.17, 15) is 0 Å². The summed E-state index contributed by atoms with van der Waals surface area (Å²) in [6.07, 6.45) is 0.285. The van der Waals surface area contributed by atoms with Crippen LogP contribution in [0.15, 0.2) is 6.07 Å². The molecule has 3 N–H and O–H groups in total. The van der Waals surface area contributed by atoms with E-state index in [4.69, 9.17) is 10.5 Å². The van der Waals surface area contributed by atoms with Gasteiger partial charge in [0, 0.05) is 12.6 Å². The molecule has 0 aliphatic rings. The summed E-state index contributed by atoms with van der Waals surface area (Å²) < 4.78 is 9.31. The highest BCUT2D eigenvalue weighted by Crippen LogP contribution is 2.16. The molecule has 0 unspecified atom stereocenters. The molecule has 0 amide bonds. The molecule has 4 nitrogen and oxygen atoms in total. The van der Waals surface area contributed by atoms with Crippen molar-refractivity contribution in [2.45, 2.75) is 20.0 Å². The SMILES string of the molecule is CC(C)OCCNc1cc(N)ns1. The fourth-order valence-corrected chi connectivity index (χ4v) is 1.44. The third-order valence-corrected chi connectivity index (χ3v) is 2.14. The van der Waals surface area contributed by atoms with Crippen molar-refractivity contribution in [1.82, 2.24) is 4.37 Å². The monoisotopic (exact) mass is 201 g/mol. The summed E-state index contributed by atoms with van der Waals surface area (Å²) in [5.74, 6) is 0.567. The average Bonchev–Trinajstić information content (AvgIpc) is 2.45. The molecule has 5 heteroatoms. The van der Waals surface area contributed by atoms with Crippen LogP contribution in [0.4, 0.5) is 10.8 Å². The van der Waals surface area contributed by atoms with Crippen molar-refractivity contribution in [1.29, 1.82) is 0 Å². The first-order valence-electron chi connectivity index (χ1n) is 4.26. The number of nitrogens with zero attached hydrogens (tertiary/aromatic N) is 1. The molecule has 13 heavy (non-hydrogen) atoms. The van der Waals surface area contributed by atoms with Gasteiger partial charge in [0.1, 0.15) is 10.8 Å². The zero-order valence-electron chi connectivity index (χ0n) is 7.91. The van der Waals surface area contributed by atoms with Gasteiger partial charge in [-0.05, 0) is 25.4 Å². The molecule has 0 aliphatic heterocycles. The zero-order chi connectivity index (χ0) is 9.68. The normalized spacial score (nSPS) is 10.7. The average molecular weight is 201 g/mol. The van der Waals surface area contributed by atoms with Crippen molar-refractivity contribution in [3.05, 3.63) is 6.07 Å². The number of nitrogens with one attached hydrogen (secondary N) is 1. The summed E-state index contributed by atoms with van der Waals surface area (Å²) in [5.41, 5.74) is 5.46. The number of rotatable bonds is 5. The van der Waals surface area contributed by atoms with Crippen LogP contribution >= 0.6 is 11.5 Å². The molecule has 0 radical (unpaired) electrons. The van der Waals surface area contributed by atoms with E-state index in [1.54, 1.807) is 0 Å². The Hall–Kier alpha value is -0.810. The van der Waals surface area contributed by atoms with E-state index in [2.05, 4.69) is 9.69 Å². The molecule has 0 atom stereocenters. The maximum Gasteiger partial charge on any atom is 0.139 e. The van der Waals surface area contributed by atoms with Gasteiger partial charge >= 0.3 is 0 Å². The van der Waals surface area contributed by atoms with Gasteiger partial charge < -0.3 is 15.8 Å². The van der Waals surface area contributed by atoms with Crippen LogP contribution in [0.1, 0.15) is 13.8 Å². The highest BCUT2D eigenvalue weighted by molar-refractivity contribution is 7.10. The van der Waals surface area contributed by atoms with Crippen molar-refractivity contribution in [3.63, 3.8) is 0 Å². The van der Waals surface area contributed by atoms with E-state index in [-0.39, 0.29) is 6.10 Å². The van der Waals surface area contributed by atoms with E-state index in [0.717, 1.165) is 11.5 Å². The van der Waals surface area contributed by atoms with Crippen molar-refractivity contribution < 1.29 is 4.74 Å². The number of anilines is 2. The van der Waals surface area contributed by atoms with Crippen LogP contribution in [-0.2, 0) is 4.74 Å². The van der Waals surface area contributed by atoms with Gasteiger partial charge in [-0.1, -0.05) is 0 Å². The number of nitrogen functional groups attached to an aromatic ring is 1. The van der Waals surface area contributed by atoms with Crippen LogP contribution in [0.5, 0.6) is 0 Å². The third-order valence-electron chi connectivity index (χ3n) is 1.38. The number of ether oxygens (including phenoxy) is 1. The van der Waals surface area contributed by atoms with Crippen LogP contribution < -0.4 is 11.1 Å². The minimum absolute atomic E-state index is 0.285. The molecule has 0 aromatic carbocycles. The molecule has 1 aromatic heterocycles. The van der Waals surface area contributed by atoms with Crippen molar-refractivity contribution in [3.8, 4) is 0 Å². The summed E-state index contributed by atoms with van der Waals surface area (Å²) in [6.45, 7) is 5.53. The second kappa shape index (κ2) is 5.04. The molecule has 0 bridgehead atoms. The van der Waals surface area contributed by atoms with E-state index >= 15 is 0 Å². The maximum atomic E-state index is 5.46. The van der Waals surface area contributed by atoms with Gasteiger partial charge in [0.25, 0.3) is 0 Å². The van der Waals surface area contributed by atoms with Gasteiger partial charge in [-0.25, -0.2) is 0 Å². The number of aromatic nitrogens is 1. The van der Waals surface area contributed by atoms with E-state index in [0.29, 0.717) is 12.4 Å². The Labute approximate surface area is 82.3 Å². The lowest BCUT2D eigenvalue weighted by Gasteiger charge is -2.07. The van der Waals surface area contributed by atoms with E-state index < -0.39 is 0 Å². The second-order valence-corrected chi connectivity index (χ2v) is 3.77. The molecule has 0 saturated heterocycles. The smallest absolute Gasteiger partial charge is 0.139 e. The fourth-order valence-electron chi connectivity index (χ4n) is 0.841. The maximum absolute atomic E-state index is 5.46. The highest BCUT2D eigenvalue weighted by atomic mass is 32.1. The topological polar surface area (TPSA) is 60.2 Å². The molecule has 1 aromatic rings. The number of hydrogen-bond donors (Lipinski definition) is 2.